The number of hydrogen-bond donors (Lipinski definition) is 1. The summed E-state index contributed by atoms with van der Waals surface area (Å²) in [6.45, 7) is 0. The number of carbonyl (C=O) groups excluding carboxylic acids is 1. The summed E-state index contributed by atoms with van der Waals surface area (Å²) in [7, 11) is 0. The molecule has 7 nitrogen and oxygen atoms in total. The predicted molar refractivity (Wildman–Crippen MR) is 69.9 cm³/mol. The van der Waals surface area contributed by atoms with Gasteiger partial charge in [0.1, 0.15) is 11.8 Å². The van der Waals surface area contributed by atoms with Gasteiger partial charge in [0.25, 0.3) is 5.91 Å². The third kappa shape index (κ3) is 2.06. The van der Waals surface area contributed by atoms with E-state index in [1.165, 1.54) is 16.9 Å². The standard InChI is InChI=1S/C13H8N6O/c14-8-10-2-1-3-11-16-13(18-19(10)11)17-12(20)9-4-6-15-7-5-9/h1-7H,(H,17,18,20). The molecular weight excluding hydrogens is 256 g/mol. The number of nitrogens with zero attached hydrogens (tertiary/aromatic N) is 5. The molecule has 1 N–H and O–H groups in total. The molecule has 0 saturated carbocycles. The number of rotatable bonds is 2. The normalized spacial score (nSPS) is 10.2. The van der Waals surface area contributed by atoms with Crippen molar-refractivity contribution in [2.45, 2.75) is 0 Å². The van der Waals surface area contributed by atoms with Crippen LogP contribution in [0.25, 0.3) is 5.65 Å². The molecule has 0 unspecified atom stereocenters. The molecule has 0 radical (unpaired) electrons. The Balaban J connectivity index is 1.93. The van der Waals surface area contributed by atoms with E-state index in [0.29, 0.717) is 16.9 Å². The summed E-state index contributed by atoms with van der Waals surface area (Å²) in [6.07, 6.45) is 3.06. The van der Waals surface area contributed by atoms with Crippen molar-refractivity contribution in [1.29, 1.82) is 5.26 Å². The fourth-order valence-corrected chi connectivity index (χ4v) is 1.72. The summed E-state index contributed by atoms with van der Waals surface area (Å²) in [5, 5.41) is 15.6. The summed E-state index contributed by atoms with van der Waals surface area (Å²) >= 11 is 0. The van der Waals surface area contributed by atoms with E-state index >= 15 is 0 Å². The Labute approximate surface area is 113 Å². The molecule has 20 heavy (non-hydrogen) atoms. The van der Waals surface area contributed by atoms with Gasteiger partial charge in [0.15, 0.2) is 5.65 Å². The average Bonchev–Trinajstić information content (AvgIpc) is 2.90. The molecule has 96 valence electrons. The predicted octanol–water partition coefficient (Wildman–Crippen LogP) is 1.25. The maximum absolute atomic E-state index is 12.0. The molecule has 0 aliphatic heterocycles. The van der Waals surface area contributed by atoms with E-state index in [2.05, 4.69) is 20.4 Å². The second-order valence-corrected chi connectivity index (χ2v) is 3.92. The minimum absolute atomic E-state index is 0.148. The Morgan fingerprint density at radius 2 is 2.05 bits per heavy atom. The summed E-state index contributed by atoms with van der Waals surface area (Å²) in [5.41, 5.74) is 1.30. The van der Waals surface area contributed by atoms with Crippen molar-refractivity contribution in [2.75, 3.05) is 5.32 Å². The lowest BCUT2D eigenvalue weighted by atomic mass is 10.2. The zero-order valence-corrected chi connectivity index (χ0v) is 10.2. The van der Waals surface area contributed by atoms with Gasteiger partial charge >= 0.3 is 0 Å². The zero-order chi connectivity index (χ0) is 13.9. The number of nitriles is 1. The highest BCUT2D eigenvalue weighted by atomic mass is 16.1. The molecule has 0 fully saturated rings. The van der Waals surface area contributed by atoms with Crippen LogP contribution in [-0.4, -0.2) is 25.5 Å². The molecule has 0 spiro atoms. The Hall–Kier alpha value is -3.27. The Morgan fingerprint density at radius 3 is 2.80 bits per heavy atom. The first-order valence-electron chi connectivity index (χ1n) is 5.75. The van der Waals surface area contributed by atoms with Gasteiger partial charge in [0.2, 0.25) is 5.95 Å². The fraction of sp³-hybridized carbons (Fsp3) is 0. The van der Waals surface area contributed by atoms with Crippen molar-refractivity contribution < 1.29 is 4.79 Å². The molecule has 0 bridgehead atoms. The third-order valence-corrected chi connectivity index (χ3v) is 2.64. The Morgan fingerprint density at radius 1 is 1.25 bits per heavy atom. The number of aromatic nitrogens is 4. The van der Waals surface area contributed by atoms with Crippen molar-refractivity contribution in [1.82, 2.24) is 19.6 Å². The Bertz CT molecular complexity index is 818. The quantitative estimate of drug-likeness (QED) is 0.751. The largest absolute Gasteiger partial charge is 0.289 e. The molecule has 0 aliphatic rings. The molecule has 3 aromatic heterocycles. The highest BCUT2D eigenvalue weighted by Crippen LogP contribution is 2.09. The van der Waals surface area contributed by atoms with Gasteiger partial charge in [-0.05, 0) is 24.3 Å². The van der Waals surface area contributed by atoms with Crippen LogP contribution in [0.1, 0.15) is 16.1 Å². The number of fused-ring (bicyclic) bond motifs is 1. The van der Waals surface area contributed by atoms with Gasteiger partial charge in [-0.15, -0.1) is 5.10 Å². The Kier molecular flexibility index (Phi) is 2.82. The zero-order valence-electron chi connectivity index (χ0n) is 10.2. The van der Waals surface area contributed by atoms with Crippen molar-refractivity contribution in [2.24, 2.45) is 0 Å². The topological polar surface area (TPSA) is 96.0 Å². The SMILES string of the molecule is N#Cc1cccc2nc(NC(=O)c3ccncc3)nn12. The molecular formula is C13H8N6O. The fourth-order valence-electron chi connectivity index (χ4n) is 1.72. The van der Waals surface area contributed by atoms with E-state index in [4.69, 9.17) is 5.26 Å². The van der Waals surface area contributed by atoms with E-state index < -0.39 is 0 Å². The molecule has 0 atom stereocenters. The van der Waals surface area contributed by atoms with Gasteiger partial charge in [-0.2, -0.15) is 10.2 Å². The molecule has 0 saturated heterocycles. The van der Waals surface area contributed by atoms with Crippen LogP contribution in [0.4, 0.5) is 5.95 Å². The monoisotopic (exact) mass is 264 g/mol. The van der Waals surface area contributed by atoms with Crippen LogP contribution in [0.3, 0.4) is 0 Å². The number of carbonyl (C=O) groups is 1. The lowest BCUT2D eigenvalue weighted by Gasteiger charge is -1.99. The van der Waals surface area contributed by atoms with E-state index in [1.54, 1.807) is 30.3 Å². The van der Waals surface area contributed by atoms with Gasteiger partial charge in [-0.25, -0.2) is 4.52 Å². The highest BCUT2D eigenvalue weighted by Gasteiger charge is 2.11. The van der Waals surface area contributed by atoms with Gasteiger partial charge in [-0.3, -0.25) is 15.1 Å². The molecule has 3 rings (SSSR count). The van der Waals surface area contributed by atoms with Crippen molar-refractivity contribution in [3.8, 4) is 6.07 Å². The summed E-state index contributed by atoms with van der Waals surface area (Å²) < 4.78 is 1.38. The summed E-state index contributed by atoms with van der Waals surface area (Å²) in [5.74, 6) is -0.184. The maximum Gasteiger partial charge on any atom is 0.258 e. The molecule has 1 amide bonds. The maximum atomic E-state index is 12.0. The van der Waals surface area contributed by atoms with Crippen LogP contribution in [-0.2, 0) is 0 Å². The van der Waals surface area contributed by atoms with Gasteiger partial charge in [0.05, 0.1) is 0 Å². The van der Waals surface area contributed by atoms with Crippen LogP contribution in [0, 0.1) is 11.3 Å². The summed E-state index contributed by atoms with van der Waals surface area (Å²) in [6, 6.07) is 10.2. The van der Waals surface area contributed by atoms with Crippen LogP contribution in [0.5, 0.6) is 0 Å². The van der Waals surface area contributed by atoms with Gasteiger partial charge < -0.3 is 0 Å². The minimum atomic E-state index is -0.332. The van der Waals surface area contributed by atoms with E-state index in [1.807, 2.05) is 6.07 Å². The number of pyridine rings is 2. The second kappa shape index (κ2) is 4.78. The van der Waals surface area contributed by atoms with E-state index in [0.717, 1.165) is 0 Å². The summed E-state index contributed by atoms with van der Waals surface area (Å²) in [4.78, 5) is 19.9. The van der Waals surface area contributed by atoms with E-state index in [-0.39, 0.29) is 11.9 Å². The second-order valence-electron chi connectivity index (χ2n) is 3.92. The van der Waals surface area contributed by atoms with Gasteiger partial charge in [0, 0.05) is 18.0 Å². The number of amides is 1. The van der Waals surface area contributed by atoms with Crippen LogP contribution in [0.2, 0.25) is 0 Å². The molecule has 3 aromatic rings. The number of nitrogens with one attached hydrogen (secondary N) is 1. The smallest absolute Gasteiger partial charge is 0.258 e. The molecule has 3 heterocycles. The molecule has 0 aliphatic carbocycles. The van der Waals surface area contributed by atoms with Gasteiger partial charge in [-0.1, -0.05) is 6.07 Å². The number of hydrogen-bond acceptors (Lipinski definition) is 5. The van der Waals surface area contributed by atoms with Crippen LogP contribution >= 0.6 is 0 Å². The van der Waals surface area contributed by atoms with Crippen molar-refractivity contribution in [3.05, 3.63) is 54.0 Å². The molecule has 7 heteroatoms. The lowest BCUT2D eigenvalue weighted by molar-refractivity contribution is 0.102. The van der Waals surface area contributed by atoms with Crippen molar-refractivity contribution in [3.63, 3.8) is 0 Å². The first-order chi connectivity index (χ1) is 9.78. The first-order valence-corrected chi connectivity index (χ1v) is 5.75. The minimum Gasteiger partial charge on any atom is -0.289 e. The van der Waals surface area contributed by atoms with Crippen LogP contribution in [0.15, 0.2) is 42.7 Å². The molecule has 0 aromatic carbocycles. The number of anilines is 1. The third-order valence-electron chi connectivity index (χ3n) is 2.64. The van der Waals surface area contributed by atoms with E-state index in [9.17, 15) is 4.79 Å². The average molecular weight is 264 g/mol. The highest BCUT2D eigenvalue weighted by molar-refractivity contribution is 6.03. The lowest BCUT2D eigenvalue weighted by Crippen LogP contribution is -2.13. The first kappa shape index (κ1) is 11.8. The van der Waals surface area contributed by atoms with Crippen LogP contribution < -0.4 is 5.32 Å². The van der Waals surface area contributed by atoms with Crippen molar-refractivity contribution >= 4 is 17.5 Å².